The summed E-state index contributed by atoms with van der Waals surface area (Å²) in [6, 6.07) is 2.03. The quantitative estimate of drug-likeness (QED) is 0.890. The SMILES string of the molecule is NC(=O)C1(NC(=O)c2ccnn2C2CCCC2)CCCCC1. The van der Waals surface area contributed by atoms with Crippen LogP contribution in [0.25, 0.3) is 0 Å². The molecule has 0 spiro atoms. The molecule has 0 unspecified atom stereocenters. The van der Waals surface area contributed by atoms with E-state index in [1.165, 1.54) is 12.8 Å². The van der Waals surface area contributed by atoms with Crippen molar-refractivity contribution in [1.29, 1.82) is 0 Å². The van der Waals surface area contributed by atoms with Gasteiger partial charge in [-0.15, -0.1) is 0 Å². The van der Waals surface area contributed by atoms with Gasteiger partial charge in [-0.05, 0) is 31.7 Å². The Kier molecular flexibility index (Phi) is 4.18. The molecule has 1 aromatic rings. The third kappa shape index (κ3) is 2.74. The van der Waals surface area contributed by atoms with Crippen molar-refractivity contribution in [3.05, 3.63) is 18.0 Å². The van der Waals surface area contributed by atoms with Crippen LogP contribution in [0.4, 0.5) is 0 Å². The molecule has 1 heterocycles. The van der Waals surface area contributed by atoms with Crippen LogP contribution in [0, 0.1) is 0 Å². The maximum absolute atomic E-state index is 12.7. The zero-order chi connectivity index (χ0) is 15.6. The second-order valence-electron chi connectivity index (χ2n) is 6.56. The molecule has 6 heteroatoms. The molecule has 2 saturated carbocycles. The third-order valence-corrected chi connectivity index (χ3v) is 5.11. The van der Waals surface area contributed by atoms with Crippen molar-refractivity contribution in [2.45, 2.75) is 69.4 Å². The Balaban J connectivity index is 1.79. The zero-order valence-corrected chi connectivity index (χ0v) is 12.9. The summed E-state index contributed by atoms with van der Waals surface area (Å²) >= 11 is 0. The summed E-state index contributed by atoms with van der Waals surface area (Å²) < 4.78 is 1.82. The molecule has 1 aromatic heterocycles. The van der Waals surface area contributed by atoms with Crippen LogP contribution in [0.2, 0.25) is 0 Å². The highest BCUT2D eigenvalue weighted by Gasteiger charge is 2.40. The summed E-state index contributed by atoms with van der Waals surface area (Å²) in [7, 11) is 0. The predicted octanol–water partition coefficient (Wildman–Crippen LogP) is 1.92. The molecule has 6 nitrogen and oxygen atoms in total. The van der Waals surface area contributed by atoms with E-state index in [1.54, 1.807) is 12.3 Å². The Bertz CT molecular complexity index is 554. The van der Waals surface area contributed by atoms with E-state index in [1.807, 2.05) is 4.68 Å². The first-order chi connectivity index (χ1) is 10.6. The average molecular weight is 304 g/mol. The number of primary amides is 1. The smallest absolute Gasteiger partial charge is 0.270 e. The van der Waals surface area contributed by atoms with Gasteiger partial charge in [-0.3, -0.25) is 14.3 Å². The molecule has 22 heavy (non-hydrogen) atoms. The van der Waals surface area contributed by atoms with Gasteiger partial charge in [0.25, 0.3) is 5.91 Å². The lowest BCUT2D eigenvalue weighted by molar-refractivity contribution is -0.125. The van der Waals surface area contributed by atoms with Crippen molar-refractivity contribution in [1.82, 2.24) is 15.1 Å². The number of rotatable bonds is 4. The van der Waals surface area contributed by atoms with Gasteiger partial charge in [0.2, 0.25) is 5.91 Å². The van der Waals surface area contributed by atoms with Gasteiger partial charge in [0.15, 0.2) is 0 Å². The van der Waals surface area contributed by atoms with Gasteiger partial charge < -0.3 is 11.1 Å². The van der Waals surface area contributed by atoms with Crippen molar-refractivity contribution in [2.75, 3.05) is 0 Å². The van der Waals surface area contributed by atoms with Gasteiger partial charge in [-0.25, -0.2) is 0 Å². The Morgan fingerprint density at radius 2 is 1.86 bits per heavy atom. The molecule has 0 aliphatic heterocycles. The lowest BCUT2D eigenvalue weighted by Crippen LogP contribution is -2.58. The van der Waals surface area contributed by atoms with Crippen molar-refractivity contribution < 1.29 is 9.59 Å². The molecule has 0 bridgehead atoms. The molecule has 0 saturated heterocycles. The molecule has 120 valence electrons. The minimum atomic E-state index is -0.889. The second kappa shape index (κ2) is 6.10. The highest BCUT2D eigenvalue weighted by molar-refractivity contribution is 5.97. The molecule has 3 N–H and O–H groups in total. The number of hydrogen-bond acceptors (Lipinski definition) is 3. The highest BCUT2D eigenvalue weighted by atomic mass is 16.2. The number of hydrogen-bond donors (Lipinski definition) is 2. The fraction of sp³-hybridized carbons (Fsp3) is 0.688. The van der Waals surface area contributed by atoms with Crippen molar-refractivity contribution in [3.8, 4) is 0 Å². The van der Waals surface area contributed by atoms with Crippen LogP contribution in [-0.2, 0) is 4.79 Å². The summed E-state index contributed by atoms with van der Waals surface area (Å²) in [6.07, 6.45) is 10.3. The highest BCUT2D eigenvalue weighted by Crippen LogP contribution is 2.31. The molecule has 2 aliphatic carbocycles. The Morgan fingerprint density at radius 1 is 1.18 bits per heavy atom. The first-order valence-corrected chi connectivity index (χ1v) is 8.28. The van der Waals surface area contributed by atoms with Crippen LogP contribution in [0.1, 0.15) is 74.3 Å². The summed E-state index contributed by atoms with van der Waals surface area (Å²) in [6.45, 7) is 0. The Labute approximate surface area is 130 Å². The maximum Gasteiger partial charge on any atom is 0.270 e. The summed E-state index contributed by atoms with van der Waals surface area (Å²) in [5.74, 6) is -0.655. The van der Waals surface area contributed by atoms with Gasteiger partial charge in [0, 0.05) is 6.20 Å². The van der Waals surface area contributed by atoms with Crippen molar-refractivity contribution in [3.63, 3.8) is 0 Å². The molecule has 2 amide bonds. The summed E-state index contributed by atoms with van der Waals surface area (Å²) in [5.41, 5.74) is 5.24. The van der Waals surface area contributed by atoms with Gasteiger partial charge in [0.1, 0.15) is 11.2 Å². The fourth-order valence-electron chi connectivity index (χ4n) is 3.80. The molecule has 0 atom stereocenters. The van der Waals surface area contributed by atoms with E-state index in [0.717, 1.165) is 32.1 Å². The topological polar surface area (TPSA) is 90.0 Å². The zero-order valence-electron chi connectivity index (χ0n) is 12.9. The fourth-order valence-corrected chi connectivity index (χ4v) is 3.80. The second-order valence-corrected chi connectivity index (χ2v) is 6.56. The monoisotopic (exact) mass is 304 g/mol. The van der Waals surface area contributed by atoms with Gasteiger partial charge in [0.05, 0.1) is 6.04 Å². The first kappa shape index (κ1) is 15.1. The van der Waals surface area contributed by atoms with Crippen LogP contribution in [0.3, 0.4) is 0 Å². The first-order valence-electron chi connectivity index (χ1n) is 8.28. The van der Waals surface area contributed by atoms with Crippen LogP contribution in [0.15, 0.2) is 12.3 Å². The van der Waals surface area contributed by atoms with Crippen molar-refractivity contribution >= 4 is 11.8 Å². The summed E-state index contributed by atoms with van der Waals surface area (Å²) in [5, 5.41) is 7.24. The normalized spacial score (nSPS) is 21.6. The number of carbonyl (C=O) groups is 2. The van der Waals surface area contributed by atoms with Gasteiger partial charge in [-0.2, -0.15) is 5.10 Å². The molecule has 0 aromatic carbocycles. The number of aromatic nitrogens is 2. The Morgan fingerprint density at radius 3 is 2.50 bits per heavy atom. The predicted molar refractivity (Wildman–Crippen MR) is 82.2 cm³/mol. The average Bonchev–Trinajstić information content (AvgIpc) is 3.19. The number of carbonyl (C=O) groups excluding carboxylic acids is 2. The lowest BCUT2D eigenvalue weighted by atomic mass is 9.81. The molecular formula is C16H24N4O2. The van der Waals surface area contributed by atoms with E-state index < -0.39 is 11.4 Å². The molecule has 3 rings (SSSR count). The number of nitrogens with zero attached hydrogens (tertiary/aromatic N) is 2. The van der Waals surface area contributed by atoms with Crippen LogP contribution >= 0.6 is 0 Å². The molecule has 2 fully saturated rings. The van der Waals surface area contributed by atoms with Crippen LogP contribution < -0.4 is 11.1 Å². The van der Waals surface area contributed by atoms with E-state index in [-0.39, 0.29) is 5.91 Å². The van der Waals surface area contributed by atoms with Gasteiger partial charge in [-0.1, -0.05) is 32.1 Å². The van der Waals surface area contributed by atoms with E-state index in [9.17, 15) is 9.59 Å². The summed E-state index contributed by atoms with van der Waals surface area (Å²) in [4.78, 5) is 24.6. The van der Waals surface area contributed by atoms with Crippen LogP contribution in [-0.4, -0.2) is 27.1 Å². The molecular weight excluding hydrogens is 280 g/mol. The maximum atomic E-state index is 12.7. The van der Waals surface area contributed by atoms with E-state index in [0.29, 0.717) is 24.6 Å². The molecule has 0 radical (unpaired) electrons. The minimum absolute atomic E-state index is 0.231. The van der Waals surface area contributed by atoms with Crippen LogP contribution in [0.5, 0.6) is 0 Å². The number of nitrogens with one attached hydrogen (secondary N) is 1. The van der Waals surface area contributed by atoms with Crippen molar-refractivity contribution in [2.24, 2.45) is 5.73 Å². The largest absolute Gasteiger partial charge is 0.368 e. The van der Waals surface area contributed by atoms with E-state index in [4.69, 9.17) is 5.73 Å². The molecule has 2 aliphatic rings. The minimum Gasteiger partial charge on any atom is -0.368 e. The standard InChI is InChI=1S/C16H24N4O2/c17-15(22)16(9-4-1-5-10-16)19-14(21)13-8-11-18-20(13)12-6-2-3-7-12/h8,11-12H,1-7,9-10H2,(H2,17,22)(H,19,21). The Hall–Kier alpha value is -1.85. The van der Waals surface area contributed by atoms with E-state index in [2.05, 4.69) is 10.4 Å². The lowest BCUT2D eigenvalue weighted by Gasteiger charge is -2.35. The van der Waals surface area contributed by atoms with E-state index >= 15 is 0 Å². The number of nitrogens with two attached hydrogens (primary N) is 1. The third-order valence-electron chi connectivity index (χ3n) is 5.11. The van der Waals surface area contributed by atoms with Gasteiger partial charge >= 0.3 is 0 Å². The number of amides is 2.